The van der Waals surface area contributed by atoms with E-state index < -0.39 is 10.0 Å². The molecule has 1 aromatic carbocycles. The predicted molar refractivity (Wildman–Crippen MR) is 114 cm³/mol. The molecule has 1 saturated carbocycles. The molecule has 154 valence electrons. The minimum atomic E-state index is -4.09. The van der Waals surface area contributed by atoms with E-state index in [-0.39, 0.29) is 34.2 Å². The van der Waals surface area contributed by atoms with Gasteiger partial charge in [0.1, 0.15) is 0 Å². The first-order chi connectivity index (χ1) is 13.7. The van der Waals surface area contributed by atoms with Crippen molar-refractivity contribution in [3.63, 3.8) is 0 Å². The first-order valence-electron chi connectivity index (χ1n) is 9.26. The molecule has 0 atom stereocenters. The molecule has 0 bridgehead atoms. The summed E-state index contributed by atoms with van der Waals surface area (Å²) in [4.78, 5) is 12.1. The van der Waals surface area contributed by atoms with Crippen LogP contribution >= 0.6 is 11.6 Å². The van der Waals surface area contributed by atoms with Crippen molar-refractivity contribution in [2.24, 2.45) is 11.1 Å². The molecule has 0 aromatic heterocycles. The van der Waals surface area contributed by atoms with Crippen LogP contribution in [0.5, 0.6) is 0 Å². The summed E-state index contributed by atoms with van der Waals surface area (Å²) >= 11 is 6.07. The third-order valence-electron chi connectivity index (χ3n) is 4.92. The first-order valence-corrected chi connectivity index (χ1v) is 11.2. The molecular weight excluding hydrogens is 412 g/mol. The number of amides is 1. The van der Waals surface area contributed by atoms with Crippen LogP contribution in [0.25, 0.3) is 0 Å². The summed E-state index contributed by atoms with van der Waals surface area (Å²) in [6.45, 7) is 0.722. The van der Waals surface area contributed by atoms with Crippen LogP contribution < -0.4 is 15.8 Å². The third-order valence-corrected chi connectivity index (χ3v) is 6.24. The van der Waals surface area contributed by atoms with Gasteiger partial charge in [-0.1, -0.05) is 36.2 Å². The van der Waals surface area contributed by atoms with Gasteiger partial charge in [0.25, 0.3) is 0 Å². The molecule has 0 saturated heterocycles. The molecule has 29 heavy (non-hydrogen) atoms. The Kier molecular flexibility index (Phi) is 6.56. The smallest absolute Gasteiger partial charge is 0.238 e. The van der Waals surface area contributed by atoms with Crippen LogP contribution in [0.15, 0.2) is 58.8 Å². The molecule has 0 spiro atoms. The van der Waals surface area contributed by atoms with Crippen molar-refractivity contribution in [1.82, 2.24) is 10.6 Å². The lowest BCUT2D eigenvalue weighted by molar-refractivity contribution is -0.119. The van der Waals surface area contributed by atoms with Gasteiger partial charge in [-0.25, -0.2) is 13.6 Å². The van der Waals surface area contributed by atoms with Gasteiger partial charge in [0, 0.05) is 29.0 Å². The second-order valence-corrected chi connectivity index (χ2v) is 9.08. The number of benzene rings is 1. The number of hydrogen-bond donors (Lipinski definition) is 4. The van der Waals surface area contributed by atoms with Crippen molar-refractivity contribution in [2.75, 3.05) is 6.54 Å². The highest BCUT2D eigenvalue weighted by Crippen LogP contribution is 2.26. The molecule has 1 fully saturated rings. The molecule has 9 heteroatoms. The van der Waals surface area contributed by atoms with Gasteiger partial charge in [0.2, 0.25) is 15.9 Å². The van der Waals surface area contributed by atoms with E-state index in [0.717, 1.165) is 19.4 Å². The van der Waals surface area contributed by atoms with Crippen molar-refractivity contribution in [1.29, 1.82) is 5.41 Å². The highest BCUT2D eigenvalue weighted by Gasteiger charge is 2.25. The molecule has 2 aliphatic carbocycles. The number of carbonyl (C=O) groups excluding carboxylic acids is 1. The molecule has 7 nitrogen and oxygen atoms in total. The number of rotatable bonds is 7. The SMILES string of the molecule is N=C1C=C(NC(=O)Cc2ccccc2Cl)C=C(S(N)(=O)=O)/C1=C/NCC1CCC1. The third kappa shape index (κ3) is 5.56. The van der Waals surface area contributed by atoms with Gasteiger partial charge in [-0.2, -0.15) is 0 Å². The van der Waals surface area contributed by atoms with Crippen LogP contribution in [0.3, 0.4) is 0 Å². The number of nitrogens with two attached hydrogens (primary N) is 1. The number of halogens is 1. The van der Waals surface area contributed by atoms with E-state index in [1.807, 2.05) is 0 Å². The summed E-state index contributed by atoms with van der Waals surface area (Å²) in [5, 5.41) is 19.7. The van der Waals surface area contributed by atoms with Gasteiger partial charge in [-0.15, -0.1) is 0 Å². The lowest BCUT2D eigenvalue weighted by Gasteiger charge is -2.25. The van der Waals surface area contributed by atoms with Crippen LogP contribution in [0.2, 0.25) is 5.02 Å². The maximum atomic E-state index is 12.3. The first kappa shape index (κ1) is 21.3. The minimum Gasteiger partial charge on any atom is -0.390 e. The normalized spacial score (nSPS) is 18.7. The average molecular weight is 435 g/mol. The topological polar surface area (TPSA) is 125 Å². The molecule has 0 heterocycles. The Labute approximate surface area is 175 Å². The van der Waals surface area contributed by atoms with Gasteiger partial charge >= 0.3 is 0 Å². The van der Waals surface area contributed by atoms with E-state index >= 15 is 0 Å². The predicted octanol–water partition coefficient (Wildman–Crippen LogP) is 2.36. The molecule has 1 aromatic rings. The Morgan fingerprint density at radius 3 is 2.62 bits per heavy atom. The van der Waals surface area contributed by atoms with Gasteiger partial charge < -0.3 is 16.0 Å². The summed E-state index contributed by atoms with van der Waals surface area (Å²) in [7, 11) is -4.09. The second kappa shape index (κ2) is 8.94. The van der Waals surface area contributed by atoms with Crippen LogP contribution in [0.4, 0.5) is 0 Å². The fraction of sp³-hybridized carbons (Fsp3) is 0.300. The van der Waals surface area contributed by atoms with Crippen LogP contribution in [0, 0.1) is 11.3 Å². The van der Waals surface area contributed by atoms with Gasteiger partial charge in [-0.05, 0) is 42.5 Å². The Bertz CT molecular complexity index is 1020. The number of allylic oxidation sites excluding steroid dienone is 3. The van der Waals surface area contributed by atoms with E-state index in [1.165, 1.54) is 24.8 Å². The lowest BCUT2D eigenvalue weighted by atomic mass is 9.85. The number of sulfonamides is 1. The fourth-order valence-electron chi connectivity index (χ4n) is 3.13. The van der Waals surface area contributed by atoms with Crippen molar-refractivity contribution < 1.29 is 13.2 Å². The monoisotopic (exact) mass is 434 g/mol. The standard InChI is InChI=1S/C20H23ClN4O3S/c21-17-7-2-1-6-14(17)8-20(26)25-15-9-18(22)16(19(10-15)29(23,27)28)12-24-11-13-4-3-5-13/h1-2,6-7,9-10,12-13,22,24H,3-5,8,11H2,(H,25,26)(H2,23,27,28)/b16-12+,22-18?. The maximum Gasteiger partial charge on any atom is 0.238 e. The van der Waals surface area contributed by atoms with Crippen molar-refractivity contribution in [3.05, 3.63) is 69.4 Å². The number of nitrogens with one attached hydrogen (secondary N) is 3. The number of primary sulfonamides is 1. The van der Waals surface area contributed by atoms with Crippen molar-refractivity contribution in [2.45, 2.75) is 25.7 Å². The van der Waals surface area contributed by atoms with Gasteiger partial charge in [0.05, 0.1) is 17.0 Å². The largest absolute Gasteiger partial charge is 0.390 e. The highest BCUT2D eigenvalue weighted by atomic mass is 35.5. The van der Waals surface area contributed by atoms with Crippen molar-refractivity contribution >= 4 is 33.2 Å². The quantitative estimate of drug-likeness (QED) is 0.525. The van der Waals surface area contributed by atoms with E-state index in [9.17, 15) is 13.2 Å². The Morgan fingerprint density at radius 2 is 2.00 bits per heavy atom. The van der Waals surface area contributed by atoms with Gasteiger partial charge in [-0.3, -0.25) is 4.79 Å². The van der Waals surface area contributed by atoms with Crippen LogP contribution in [-0.2, 0) is 21.2 Å². The van der Waals surface area contributed by atoms with Gasteiger partial charge in [0.15, 0.2) is 0 Å². The van der Waals surface area contributed by atoms with Crippen LogP contribution in [0.1, 0.15) is 24.8 Å². The second-order valence-electron chi connectivity index (χ2n) is 7.15. The zero-order valence-electron chi connectivity index (χ0n) is 15.7. The van der Waals surface area contributed by atoms with Crippen LogP contribution in [-0.4, -0.2) is 26.6 Å². The molecular formula is C20H23ClN4O3S. The summed E-state index contributed by atoms with van der Waals surface area (Å²) in [5.74, 6) is 0.194. The van der Waals surface area contributed by atoms with Crippen molar-refractivity contribution in [3.8, 4) is 0 Å². The highest BCUT2D eigenvalue weighted by molar-refractivity contribution is 7.93. The Morgan fingerprint density at radius 1 is 1.28 bits per heavy atom. The number of carbonyl (C=O) groups is 1. The average Bonchev–Trinajstić information content (AvgIpc) is 2.59. The molecule has 5 N–H and O–H groups in total. The minimum absolute atomic E-state index is 0.0224. The molecule has 0 unspecified atom stereocenters. The van der Waals surface area contributed by atoms with E-state index in [1.54, 1.807) is 24.3 Å². The van der Waals surface area contributed by atoms with E-state index in [2.05, 4.69) is 10.6 Å². The zero-order valence-corrected chi connectivity index (χ0v) is 17.3. The zero-order chi connectivity index (χ0) is 21.0. The molecule has 2 aliphatic rings. The summed E-state index contributed by atoms with van der Waals surface area (Å²) in [6, 6.07) is 6.96. The molecule has 0 aliphatic heterocycles. The molecule has 0 radical (unpaired) electrons. The van der Waals surface area contributed by atoms with E-state index in [0.29, 0.717) is 16.5 Å². The van der Waals surface area contributed by atoms with E-state index in [4.69, 9.17) is 22.1 Å². The Hall–Kier alpha value is -2.42. The summed E-state index contributed by atoms with van der Waals surface area (Å²) in [6.07, 6.45) is 7.70. The molecule has 1 amide bonds. The summed E-state index contributed by atoms with van der Waals surface area (Å²) in [5.41, 5.74) is 0.961. The lowest BCUT2D eigenvalue weighted by Crippen LogP contribution is -2.30. The maximum absolute atomic E-state index is 12.3. The number of hydrogen-bond acceptors (Lipinski definition) is 5. The Balaban J connectivity index is 1.74. The summed E-state index contributed by atoms with van der Waals surface area (Å²) < 4.78 is 24.1. The molecule has 3 rings (SSSR count). The fourth-order valence-corrected chi connectivity index (χ4v) is 4.10.